The van der Waals surface area contributed by atoms with Crippen LogP contribution in [0.25, 0.3) is 5.70 Å². The summed E-state index contributed by atoms with van der Waals surface area (Å²) >= 11 is 0. The minimum Gasteiger partial charge on any atom is -0.397 e. The molecule has 0 aliphatic rings. The number of nitrogens with one attached hydrogen (secondary N) is 1. The lowest BCUT2D eigenvalue weighted by Gasteiger charge is -1.99. The third-order valence-electron chi connectivity index (χ3n) is 1.88. The number of aryl methyl sites for hydroxylation is 1. The van der Waals surface area contributed by atoms with Crippen molar-refractivity contribution in [1.82, 2.24) is 10.2 Å². The van der Waals surface area contributed by atoms with E-state index in [9.17, 15) is 4.79 Å². The first kappa shape index (κ1) is 11.2. The lowest BCUT2D eigenvalue weighted by molar-refractivity contribution is 0.950. The lowest BCUT2D eigenvalue weighted by Crippen LogP contribution is -2.13. The molecular weight excluding hydrogens is 190 g/mol. The number of H-pyrrole nitrogens is 1. The molecule has 0 aliphatic carbocycles. The molecule has 80 valence electrons. The summed E-state index contributed by atoms with van der Waals surface area (Å²) in [7, 11) is 0. The molecule has 15 heavy (non-hydrogen) atoms. The average molecular weight is 205 g/mol. The van der Waals surface area contributed by atoms with E-state index < -0.39 is 0 Å². The van der Waals surface area contributed by atoms with Crippen LogP contribution >= 0.6 is 0 Å². The highest BCUT2D eigenvalue weighted by molar-refractivity contribution is 5.61. The van der Waals surface area contributed by atoms with Gasteiger partial charge in [-0.25, -0.2) is 5.10 Å². The standard InChI is InChI=1S/C11H15N3O/c1-7(2)4-5-9(12)10-6-8(3)11(15)14-13-10/h4-6H,12H2,1-3H3,(H,14,15)/b9-5-. The highest BCUT2D eigenvalue weighted by Crippen LogP contribution is 2.05. The van der Waals surface area contributed by atoms with Crippen molar-refractivity contribution in [3.05, 3.63) is 45.4 Å². The number of hydrogen-bond acceptors (Lipinski definition) is 3. The number of nitrogens with zero attached hydrogens (tertiary/aromatic N) is 1. The van der Waals surface area contributed by atoms with Crippen LogP contribution in [0.5, 0.6) is 0 Å². The van der Waals surface area contributed by atoms with Crippen molar-refractivity contribution in [3.8, 4) is 0 Å². The van der Waals surface area contributed by atoms with Crippen molar-refractivity contribution >= 4 is 5.70 Å². The first-order chi connectivity index (χ1) is 7.00. The Bertz CT molecular complexity index is 465. The van der Waals surface area contributed by atoms with Crippen LogP contribution in [0.1, 0.15) is 25.1 Å². The van der Waals surface area contributed by atoms with Gasteiger partial charge in [0.2, 0.25) is 0 Å². The number of rotatable bonds is 2. The Hall–Kier alpha value is -1.84. The molecule has 0 unspecified atom stereocenters. The van der Waals surface area contributed by atoms with E-state index >= 15 is 0 Å². The zero-order valence-electron chi connectivity index (χ0n) is 9.16. The maximum Gasteiger partial charge on any atom is 0.267 e. The predicted octanol–water partition coefficient (Wildman–Crippen LogP) is 1.34. The minimum atomic E-state index is -0.186. The molecule has 0 aromatic carbocycles. The Morgan fingerprint density at radius 1 is 1.47 bits per heavy atom. The summed E-state index contributed by atoms with van der Waals surface area (Å²) in [5, 5.41) is 6.25. The normalized spacial score (nSPS) is 11.3. The summed E-state index contributed by atoms with van der Waals surface area (Å²) < 4.78 is 0. The van der Waals surface area contributed by atoms with Crippen molar-refractivity contribution in [2.75, 3.05) is 0 Å². The summed E-state index contributed by atoms with van der Waals surface area (Å²) in [6.07, 6.45) is 3.67. The maximum absolute atomic E-state index is 11.1. The molecule has 0 fully saturated rings. The number of aromatic nitrogens is 2. The Balaban J connectivity index is 3.07. The molecule has 4 nitrogen and oxygen atoms in total. The van der Waals surface area contributed by atoms with E-state index in [0.29, 0.717) is 17.0 Å². The zero-order valence-corrected chi connectivity index (χ0v) is 9.16. The fraction of sp³-hybridized carbons (Fsp3) is 0.273. The van der Waals surface area contributed by atoms with Crippen LogP contribution in [0.15, 0.2) is 28.6 Å². The molecular formula is C11H15N3O. The SMILES string of the molecule is CC(C)=C/C=C(\N)c1cc(C)c(=O)[nH]n1. The van der Waals surface area contributed by atoms with Gasteiger partial charge in [0.25, 0.3) is 5.56 Å². The summed E-state index contributed by atoms with van der Waals surface area (Å²) in [6.45, 7) is 5.68. The second-order valence-electron chi connectivity index (χ2n) is 3.63. The van der Waals surface area contributed by atoms with Crippen LogP contribution in [0, 0.1) is 6.92 Å². The van der Waals surface area contributed by atoms with Gasteiger partial charge in [0.05, 0.1) is 5.70 Å². The molecule has 0 saturated heterocycles. The van der Waals surface area contributed by atoms with Gasteiger partial charge in [-0.05, 0) is 32.9 Å². The first-order valence-electron chi connectivity index (χ1n) is 4.68. The van der Waals surface area contributed by atoms with Crippen LogP contribution in [-0.2, 0) is 0 Å². The molecule has 4 heteroatoms. The topological polar surface area (TPSA) is 71.8 Å². The molecule has 0 spiro atoms. The Morgan fingerprint density at radius 3 is 2.67 bits per heavy atom. The predicted molar refractivity (Wildman–Crippen MR) is 61.2 cm³/mol. The number of allylic oxidation sites excluding steroid dienone is 3. The number of aromatic amines is 1. The number of hydrogen-bond donors (Lipinski definition) is 2. The first-order valence-corrected chi connectivity index (χ1v) is 4.68. The van der Waals surface area contributed by atoms with Crippen molar-refractivity contribution in [1.29, 1.82) is 0 Å². The molecule has 0 radical (unpaired) electrons. The largest absolute Gasteiger partial charge is 0.397 e. The Morgan fingerprint density at radius 2 is 2.13 bits per heavy atom. The molecule has 0 atom stereocenters. The fourth-order valence-electron chi connectivity index (χ4n) is 0.992. The van der Waals surface area contributed by atoms with E-state index in [1.165, 1.54) is 0 Å². The second-order valence-corrected chi connectivity index (χ2v) is 3.63. The van der Waals surface area contributed by atoms with Crippen molar-refractivity contribution in [3.63, 3.8) is 0 Å². The second kappa shape index (κ2) is 4.59. The quantitative estimate of drug-likeness (QED) is 0.716. The molecule has 1 aromatic rings. The molecule has 0 amide bonds. The number of nitrogens with two attached hydrogens (primary N) is 1. The molecule has 3 N–H and O–H groups in total. The third kappa shape index (κ3) is 3.09. The van der Waals surface area contributed by atoms with Crippen molar-refractivity contribution < 1.29 is 0 Å². The van der Waals surface area contributed by atoms with Gasteiger partial charge in [-0.15, -0.1) is 0 Å². The smallest absolute Gasteiger partial charge is 0.267 e. The lowest BCUT2D eigenvalue weighted by atomic mass is 10.2. The van der Waals surface area contributed by atoms with Crippen LogP contribution in [0.3, 0.4) is 0 Å². The molecule has 1 rings (SSSR count). The van der Waals surface area contributed by atoms with Crippen molar-refractivity contribution in [2.24, 2.45) is 5.73 Å². The van der Waals surface area contributed by atoms with Gasteiger partial charge in [-0.3, -0.25) is 4.79 Å². The third-order valence-corrected chi connectivity index (χ3v) is 1.88. The summed E-state index contributed by atoms with van der Waals surface area (Å²) in [6, 6.07) is 1.67. The van der Waals surface area contributed by atoms with Gasteiger partial charge in [-0.1, -0.05) is 11.6 Å². The highest BCUT2D eigenvalue weighted by Gasteiger charge is 2.00. The van der Waals surface area contributed by atoms with E-state index in [-0.39, 0.29) is 5.56 Å². The molecule has 1 heterocycles. The van der Waals surface area contributed by atoms with Crippen LogP contribution in [0.2, 0.25) is 0 Å². The molecule has 0 saturated carbocycles. The Labute approximate surface area is 88.5 Å². The summed E-state index contributed by atoms with van der Waals surface area (Å²) in [4.78, 5) is 11.1. The zero-order chi connectivity index (χ0) is 11.4. The van der Waals surface area contributed by atoms with Gasteiger partial charge in [-0.2, -0.15) is 5.10 Å². The van der Waals surface area contributed by atoms with Crippen molar-refractivity contribution in [2.45, 2.75) is 20.8 Å². The van der Waals surface area contributed by atoms with Gasteiger partial charge < -0.3 is 5.73 Å². The van der Waals surface area contributed by atoms with Gasteiger partial charge in [0, 0.05) is 5.56 Å². The van der Waals surface area contributed by atoms with Gasteiger partial charge in [0.15, 0.2) is 0 Å². The van der Waals surface area contributed by atoms with E-state index in [4.69, 9.17) is 5.73 Å². The van der Waals surface area contributed by atoms with E-state index in [1.54, 1.807) is 19.1 Å². The van der Waals surface area contributed by atoms with Crippen LogP contribution in [-0.4, -0.2) is 10.2 Å². The molecule has 1 aromatic heterocycles. The molecule has 0 bridgehead atoms. The average Bonchev–Trinajstić information content (AvgIpc) is 2.18. The minimum absolute atomic E-state index is 0.186. The molecule has 0 aliphatic heterocycles. The summed E-state index contributed by atoms with van der Waals surface area (Å²) in [5.41, 5.74) is 8.49. The van der Waals surface area contributed by atoms with Gasteiger partial charge >= 0.3 is 0 Å². The fourth-order valence-corrected chi connectivity index (χ4v) is 0.992. The van der Waals surface area contributed by atoms with E-state index in [2.05, 4.69) is 10.2 Å². The summed E-state index contributed by atoms with van der Waals surface area (Å²) in [5.74, 6) is 0. The van der Waals surface area contributed by atoms with Gasteiger partial charge in [0.1, 0.15) is 5.69 Å². The Kier molecular flexibility index (Phi) is 3.44. The van der Waals surface area contributed by atoms with E-state index in [1.807, 2.05) is 19.9 Å². The maximum atomic E-state index is 11.1. The van der Waals surface area contributed by atoms with Crippen LogP contribution in [0.4, 0.5) is 0 Å². The monoisotopic (exact) mass is 205 g/mol. The van der Waals surface area contributed by atoms with E-state index in [0.717, 1.165) is 5.57 Å². The van der Waals surface area contributed by atoms with Crippen LogP contribution < -0.4 is 11.3 Å². The highest BCUT2D eigenvalue weighted by atomic mass is 16.1.